The average molecular weight is 437 g/mol. The minimum absolute atomic E-state index is 0.0123. The van der Waals surface area contributed by atoms with Crippen LogP contribution in [0.2, 0.25) is 0 Å². The number of nitrogens with zero attached hydrogens (tertiary/aromatic N) is 1. The molecule has 7 heteroatoms. The van der Waals surface area contributed by atoms with Crippen LogP contribution in [0.3, 0.4) is 0 Å². The lowest BCUT2D eigenvalue weighted by atomic mass is 10.1. The normalized spacial score (nSPS) is 15.5. The fourth-order valence-corrected chi connectivity index (χ4v) is 3.36. The number of carbonyl (C=O) groups excluding carboxylic acids is 4. The van der Waals surface area contributed by atoms with Gasteiger partial charge in [-0.05, 0) is 37.6 Å². The van der Waals surface area contributed by atoms with Crippen LogP contribution in [0.15, 0.2) is 48.5 Å². The number of rotatable bonds is 9. The maximum absolute atomic E-state index is 12.4. The predicted octanol–water partition coefficient (Wildman–Crippen LogP) is 3.73. The Morgan fingerprint density at radius 2 is 1.62 bits per heavy atom. The number of ketones is 1. The molecule has 0 aromatic heterocycles. The molecule has 1 amide bonds. The van der Waals surface area contributed by atoms with Gasteiger partial charge in [0.15, 0.2) is 12.4 Å². The van der Waals surface area contributed by atoms with Gasteiger partial charge < -0.3 is 14.4 Å². The molecular weight excluding hydrogens is 410 g/mol. The largest absolute Gasteiger partial charge is 0.462 e. The van der Waals surface area contributed by atoms with E-state index in [2.05, 4.69) is 0 Å². The summed E-state index contributed by atoms with van der Waals surface area (Å²) in [6.45, 7) is 4.11. The molecule has 0 saturated carbocycles. The minimum atomic E-state index is -0.646. The Bertz CT molecular complexity index is 980. The van der Waals surface area contributed by atoms with E-state index in [1.165, 1.54) is 4.90 Å². The summed E-state index contributed by atoms with van der Waals surface area (Å²) in [5, 5.41) is 0. The highest BCUT2D eigenvalue weighted by molar-refractivity contribution is 6.01. The van der Waals surface area contributed by atoms with Crippen molar-refractivity contribution in [1.82, 2.24) is 0 Å². The first kappa shape index (κ1) is 23.2. The molecule has 0 spiro atoms. The van der Waals surface area contributed by atoms with E-state index in [1.807, 2.05) is 26.0 Å². The monoisotopic (exact) mass is 437 g/mol. The van der Waals surface area contributed by atoms with Gasteiger partial charge >= 0.3 is 11.9 Å². The highest BCUT2D eigenvalue weighted by Crippen LogP contribution is 2.26. The summed E-state index contributed by atoms with van der Waals surface area (Å²) in [6.07, 6.45) is 1.76. The second-order valence-electron chi connectivity index (χ2n) is 7.84. The Labute approximate surface area is 187 Å². The molecule has 2 aromatic carbocycles. The molecule has 168 valence electrons. The molecule has 1 fully saturated rings. The average Bonchev–Trinajstić information content (AvgIpc) is 3.19. The number of ether oxygens (including phenoxy) is 2. The van der Waals surface area contributed by atoms with E-state index in [9.17, 15) is 19.2 Å². The zero-order valence-corrected chi connectivity index (χ0v) is 18.3. The number of hydrogen-bond donors (Lipinski definition) is 0. The standard InChI is InChI=1S/C25H27NO6/c1-3-4-13-31-24(29)19-9-11-21(12-10-19)26-15-20(14-23(26)28)25(30)32-16-22(27)18-7-5-17(2)6-8-18/h5-12,20H,3-4,13-16H2,1-2H3/t20-/m0/s1. The van der Waals surface area contributed by atoms with Gasteiger partial charge in [0.25, 0.3) is 0 Å². The molecule has 0 radical (unpaired) electrons. The molecule has 0 aliphatic carbocycles. The van der Waals surface area contributed by atoms with Gasteiger partial charge in [0.1, 0.15) is 0 Å². The Kier molecular flexibility index (Phi) is 7.76. The lowest BCUT2D eigenvalue weighted by Crippen LogP contribution is -2.27. The number of carbonyl (C=O) groups is 4. The van der Waals surface area contributed by atoms with Gasteiger partial charge in [-0.2, -0.15) is 0 Å². The molecule has 1 aliphatic rings. The molecule has 0 N–H and O–H groups in total. The van der Waals surface area contributed by atoms with E-state index in [0.29, 0.717) is 23.4 Å². The van der Waals surface area contributed by atoms with Gasteiger partial charge in [-0.3, -0.25) is 14.4 Å². The smallest absolute Gasteiger partial charge is 0.338 e. The number of esters is 2. The Morgan fingerprint density at radius 1 is 0.969 bits per heavy atom. The quantitative estimate of drug-likeness (QED) is 0.337. The molecule has 1 heterocycles. The van der Waals surface area contributed by atoms with Crippen molar-refractivity contribution in [2.24, 2.45) is 5.92 Å². The van der Waals surface area contributed by atoms with Crippen molar-refractivity contribution < 1.29 is 28.7 Å². The van der Waals surface area contributed by atoms with Crippen molar-refractivity contribution >= 4 is 29.3 Å². The number of hydrogen-bond acceptors (Lipinski definition) is 6. The maximum atomic E-state index is 12.4. The molecule has 1 atom stereocenters. The fraction of sp³-hybridized carbons (Fsp3) is 0.360. The third-order valence-electron chi connectivity index (χ3n) is 5.32. The van der Waals surface area contributed by atoms with Gasteiger partial charge in [-0.15, -0.1) is 0 Å². The molecule has 1 aliphatic heterocycles. The fourth-order valence-electron chi connectivity index (χ4n) is 3.36. The van der Waals surface area contributed by atoms with Crippen molar-refractivity contribution in [1.29, 1.82) is 0 Å². The van der Waals surface area contributed by atoms with Crippen LogP contribution in [0.25, 0.3) is 0 Å². The SMILES string of the molecule is CCCCOC(=O)c1ccc(N2C[C@@H](C(=O)OCC(=O)c3ccc(C)cc3)CC2=O)cc1. The van der Waals surface area contributed by atoms with Gasteiger partial charge in [0, 0.05) is 24.2 Å². The van der Waals surface area contributed by atoms with E-state index in [4.69, 9.17) is 9.47 Å². The van der Waals surface area contributed by atoms with Gasteiger partial charge in [0.2, 0.25) is 5.91 Å². The number of Topliss-reactive ketones (excluding diaryl/α,β-unsaturated/α-hetero) is 1. The van der Waals surface area contributed by atoms with Crippen LogP contribution in [0.5, 0.6) is 0 Å². The molecule has 0 unspecified atom stereocenters. The van der Waals surface area contributed by atoms with E-state index >= 15 is 0 Å². The first-order valence-electron chi connectivity index (χ1n) is 10.7. The summed E-state index contributed by atoms with van der Waals surface area (Å²) in [7, 11) is 0. The van der Waals surface area contributed by atoms with Crippen molar-refractivity contribution in [2.45, 2.75) is 33.1 Å². The first-order valence-corrected chi connectivity index (χ1v) is 10.7. The summed E-state index contributed by atoms with van der Waals surface area (Å²) < 4.78 is 10.4. The lowest BCUT2D eigenvalue weighted by molar-refractivity contribution is -0.147. The second kappa shape index (κ2) is 10.7. The highest BCUT2D eigenvalue weighted by Gasteiger charge is 2.36. The zero-order valence-electron chi connectivity index (χ0n) is 18.3. The molecule has 2 aromatic rings. The van der Waals surface area contributed by atoms with E-state index < -0.39 is 17.9 Å². The van der Waals surface area contributed by atoms with E-state index in [1.54, 1.807) is 36.4 Å². The van der Waals surface area contributed by atoms with Crippen LogP contribution in [-0.4, -0.2) is 43.4 Å². The van der Waals surface area contributed by atoms with Crippen LogP contribution in [-0.2, 0) is 19.1 Å². The molecule has 32 heavy (non-hydrogen) atoms. The van der Waals surface area contributed by atoms with Crippen LogP contribution in [0.1, 0.15) is 52.5 Å². The number of anilines is 1. The third kappa shape index (κ3) is 5.81. The van der Waals surface area contributed by atoms with E-state index in [0.717, 1.165) is 18.4 Å². The zero-order chi connectivity index (χ0) is 23.1. The predicted molar refractivity (Wildman–Crippen MR) is 119 cm³/mol. The Balaban J connectivity index is 1.53. The summed E-state index contributed by atoms with van der Waals surface area (Å²) in [5.74, 6) is -2.13. The topological polar surface area (TPSA) is 90.0 Å². The second-order valence-corrected chi connectivity index (χ2v) is 7.84. The van der Waals surface area contributed by atoms with Crippen molar-refractivity contribution in [2.75, 3.05) is 24.7 Å². The highest BCUT2D eigenvalue weighted by atomic mass is 16.5. The van der Waals surface area contributed by atoms with E-state index in [-0.39, 0.29) is 31.3 Å². The van der Waals surface area contributed by atoms with Crippen LogP contribution in [0.4, 0.5) is 5.69 Å². The van der Waals surface area contributed by atoms with Crippen molar-refractivity contribution in [3.05, 3.63) is 65.2 Å². The molecular formula is C25H27NO6. The summed E-state index contributed by atoms with van der Waals surface area (Å²) >= 11 is 0. The summed E-state index contributed by atoms with van der Waals surface area (Å²) in [5.41, 5.74) is 2.50. The summed E-state index contributed by atoms with van der Waals surface area (Å²) in [6, 6.07) is 13.5. The number of aryl methyl sites for hydroxylation is 1. The van der Waals surface area contributed by atoms with Crippen molar-refractivity contribution in [3.8, 4) is 0 Å². The summed E-state index contributed by atoms with van der Waals surface area (Å²) in [4.78, 5) is 50.5. The molecule has 7 nitrogen and oxygen atoms in total. The third-order valence-corrected chi connectivity index (χ3v) is 5.32. The van der Waals surface area contributed by atoms with Gasteiger partial charge in [0.05, 0.1) is 18.1 Å². The van der Waals surface area contributed by atoms with Crippen LogP contribution >= 0.6 is 0 Å². The van der Waals surface area contributed by atoms with Crippen LogP contribution in [0, 0.1) is 12.8 Å². The maximum Gasteiger partial charge on any atom is 0.338 e. The van der Waals surface area contributed by atoms with Gasteiger partial charge in [-0.1, -0.05) is 43.2 Å². The Morgan fingerprint density at radius 3 is 2.28 bits per heavy atom. The van der Waals surface area contributed by atoms with Crippen molar-refractivity contribution in [3.63, 3.8) is 0 Å². The molecule has 0 bridgehead atoms. The molecule has 1 saturated heterocycles. The number of benzene rings is 2. The van der Waals surface area contributed by atoms with Crippen LogP contribution < -0.4 is 4.90 Å². The Hall–Kier alpha value is -3.48. The minimum Gasteiger partial charge on any atom is -0.462 e. The molecule has 3 rings (SSSR count). The lowest BCUT2D eigenvalue weighted by Gasteiger charge is -2.17. The van der Waals surface area contributed by atoms with Gasteiger partial charge in [-0.25, -0.2) is 4.79 Å². The first-order chi connectivity index (χ1) is 15.4. The number of amides is 1. The number of unbranched alkanes of at least 4 members (excludes halogenated alkanes) is 1.